The Hall–Kier alpha value is -4.10. The maximum atomic E-state index is 14.3. The molecule has 5 rings (SSSR count). The Labute approximate surface area is 249 Å². The molecule has 228 valence electrons. The molecule has 0 radical (unpaired) electrons. The first kappa shape index (κ1) is 31.8. The Morgan fingerprint density at radius 2 is 1.88 bits per heavy atom. The average Bonchev–Trinajstić information content (AvgIpc) is 3.37. The van der Waals surface area contributed by atoms with E-state index in [1.165, 1.54) is 18.2 Å². The summed E-state index contributed by atoms with van der Waals surface area (Å²) in [5.74, 6) is -0.0854. The molecule has 0 spiro atoms. The highest BCUT2D eigenvalue weighted by molar-refractivity contribution is 7.92. The molecule has 0 bridgehead atoms. The zero-order chi connectivity index (χ0) is 31.4. The number of hydrogen-bond acceptors (Lipinski definition) is 6. The second kappa shape index (κ2) is 13.0. The van der Waals surface area contributed by atoms with E-state index in [0.717, 1.165) is 35.3 Å². The smallest absolute Gasteiger partial charge is 0.438 e. The van der Waals surface area contributed by atoms with Gasteiger partial charge in [-0.05, 0) is 66.9 Å². The van der Waals surface area contributed by atoms with Gasteiger partial charge in [-0.3, -0.25) is 13.8 Å². The third-order valence-electron chi connectivity index (χ3n) is 6.27. The number of fused-ring (bicyclic) bond motifs is 1. The van der Waals surface area contributed by atoms with Gasteiger partial charge in [0.25, 0.3) is 10.0 Å². The van der Waals surface area contributed by atoms with Gasteiger partial charge in [0.05, 0.1) is 27.7 Å². The molecule has 1 aliphatic heterocycles. The molecule has 1 N–H and O–H groups in total. The van der Waals surface area contributed by atoms with Crippen LogP contribution in [0.4, 0.5) is 23.2 Å². The van der Waals surface area contributed by atoms with Gasteiger partial charge in [-0.25, -0.2) is 17.6 Å². The first-order valence-electron chi connectivity index (χ1n) is 13.0. The van der Waals surface area contributed by atoms with Crippen molar-refractivity contribution in [1.82, 2.24) is 10.1 Å². The van der Waals surface area contributed by atoms with Crippen LogP contribution in [0.5, 0.6) is 5.75 Å². The fourth-order valence-electron chi connectivity index (χ4n) is 4.31. The predicted octanol–water partition coefficient (Wildman–Crippen LogP) is 6.96. The molecule has 0 saturated heterocycles. The molecule has 4 aromatic rings. The van der Waals surface area contributed by atoms with Crippen molar-refractivity contribution in [1.29, 1.82) is 0 Å². The summed E-state index contributed by atoms with van der Waals surface area (Å²) in [7, 11) is -4.32. The lowest BCUT2D eigenvalue weighted by atomic mass is 10.0. The van der Waals surface area contributed by atoms with Crippen molar-refractivity contribution in [3.05, 3.63) is 105 Å². The highest BCUT2D eigenvalue weighted by Gasteiger charge is 2.34. The molecule has 0 unspecified atom stereocenters. The number of benzene rings is 3. The van der Waals surface area contributed by atoms with E-state index in [2.05, 4.69) is 14.7 Å². The van der Waals surface area contributed by atoms with Crippen molar-refractivity contribution in [2.24, 2.45) is 0 Å². The van der Waals surface area contributed by atoms with E-state index >= 15 is 0 Å². The summed E-state index contributed by atoms with van der Waals surface area (Å²) in [4.78, 5) is 12.2. The largest absolute Gasteiger partial charge is 0.489 e. The van der Waals surface area contributed by atoms with E-state index in [0.29, 0.717) is 23.0 Å². The van der Waals surface area contributed by atoms with E-state index in [9.17, 15) is 30.8 Å². The molecule has 0 saturated carbocycles. The van der Waals surface area contributed by atoms with Gasteiger partial charge in [0, 0.05) is 12.0 Å². The van der Waals surface area contributed by atoms with E-state index in [-0.39, 0.29) is 35.2 Å². The highest BCUT2D eigenvalue weighted by atomic mass is 35.5. The van der Waals surface area contributed by atoms with E-state index in [1.807, 2.05) is 6.92 Å². The third kappa shape index (κ3) is 7.46. The number of anilines is 1. The number of nitrogens with zero attached hydrogens (tertiary/aromatic N) is 2. The van der Waals surface area contributed by atoms with Gasteiger partial charge in [0.1, 0.15) is 18.2 Å². The van der Waals surface area contributed by atoms with Crippen LogP contribution in [0, 0.1) is 5.82 Å². The normalized spacial score (nSPS) is 13.6. The molecule has 1 aromatic heterocycles. The molecular weight excluding hydrogens is 614 g/mol. The quantitative estimate of drug-likeness (QED) is 0.181. The van der Waals surface area contributed by atoms with E-state index in [4.69, 9.17) is 16.3 Å². The number of hydrogen-bond donors (Lipinski definition) is 1. The minimum Gasteiger partial charge on any atom is -0.489 e. The number of aromatic amines is 1. The third-order valence-corrected chi connectivity index (χ3v) is 8.39. The molecule has 8 nitrogen and oxygen atoms in total. The monoisotopic (exact) mass is 639 g/mol. The minimum absolute atomic E-state index is 0.0320. The Morgan fingerprint density at radius 3 is 2.53 bits per heavy atom. The number of aromatic nitrogens is 2. The van der Waals surface area contributed by atoms with Crippen LogP contribution in [0.1, 0.15) is 42.8 Å². The number of H-pyrrole nitrogens is 1. The van der Waals surface area contributed by atoms with Crippen molar-refractivity contribution in [2.75, 3.05) is 17.5 Å². The maximum absolute atomic E-state index is 14.3. The van der Waals surface area contributed by atoms with Crippen LogP contribution in [0.15, 0.2) is 74.9 Å². The van der Waals surface area contributed by atoms with Gasteiger partial charge in [0.2, 0.25) is 0 Å². The van der Waals surface area contributed by atoms with Crippen LogP contribution in [0.3, 0.4) is 0 Å². The number of nitrogens with one attached hydrogen (secondary N) is 1. The molecule has 2 heterocycles. The Kier molecular flexibility index (Phi) is 9.65. The maximum Gasteiger partial charge on any atom is 0.438 e. The minimum atomic E-state index is -4.68. The van der Waals surface area contributed by atoms with Crippen LogP contribution in [0.2, 0.25) is 5.02 Å². The molecular formula is C29H26ClF4N3O5S. The summed E-state index contributed by atoms with van der Waals surface area (Å²) in [5.41, 5.74) is 0.366. The number of allylic oxidation sites excluding steroid dienone is 1. The molecule has 0 atom stereocenters. The van der Waals surface area contributed by atoms with Crippen molar-refractivity contribution in [3.8, 4) is 5.75 Å². The van der Waals surface area contributed by atoms with E-state index in [1.54, 1.807) is 31.2 Å². The molecule has 0 fully saturated rings. The predicted molar refractivity (Wildman–Crippen MR) is 154 cm³/mol. The lowest BCUT2D eigenvalue weighted by molar-refractivity contribution is -0.137. The van der Waals surface area contributed by atoms with Crippen molar-refractivity contribution in [2.45, 2.75) is 37.8 Å². The zero-order valence-corrected chi connectivity index (χ0v) is 24.5. The Balaban J connectivity index is 0.000000403. The fourth-order valence-corrected chi connectivity index (χ4v) is 6.12. The molecule has 1 aliphatic rings. The summed E-state index contributed by atoms with van der Waals surface area (Å²) < 4.78 is 91.1. The topological polar surface area (TPSA) is 106 Å². The SMILES string of the molecule is C/C(=C\c1ccc2c(c1)N(S(=O)(=O)c1cccc(C(F)(F)F)c1)CCO2)c1c(F)cccc1Cl.CCCc1noc(=O)[nH]1. The summed E-state index contributed by atoms with van der Waals surface area (Å²) in [5, 5.41) is 3.69. The first-order valence-corrected chi connectivity index (χ1v) is 14.8. The number of sulfonamides is 1. The summed E-state index contributed by atoms with van der Waals surface area (Å²) in [6.45, 7) is 3.62. The van der Waals surface area contributed by atoms with Gasteiger partial charge < -0.3 is 4.74 Å². The summed E-state index contributed by atoms with van der Waals surface area (Å²) in [6, 6.07) is 12.7. The first-order chi connectivity index (χ1) is 20.3. The van der Waals surface area contributed by atoms with Crippen LogP contribution in [0.25, 0.3) is 11.6 Å². The van der Waals surface area contributed by atoms with Crippen LogP contribution >= 0.6 is 11.6 Å². The fraction of sp³-hybridized carbons (Fsp3) is 0.241. The van der Waals surface area contributed by atoms with Gasteiger partial charge in [-0.1, -0.05) is 48.0 Å². The number of aryl methyl sites for hydroxylation is 1. The molecule has 14 heteroatoms. The molecule has 0 aliphatic carbocycles. The van der Waals surface area contributed by atoms with Crippen LogP contribution in [-0.4, -0.2) is 31.7 Å². The number of rotatable bonds is 6. The van der Waals surface area contributed by atoms with Gasteiger partial charge >= 0.3 is 11.9 Å². The van der Waals surface area contributed by atoms with Crippen molar-refractivity contribution >= 4 is 39.0 Å². The molecule has 0 amide bonds. The lowest BCUT2D eigenvalue weighted by Crippen LogP contribution is -2.38. The number of alkyl halides is 3. The van der Waals surface area contributed by atoms with Gasteiger partial charge in [-0.15, -0.1) is 0 Å². The Bertz CT molecular complexity index is 1780. The highest BCUT2D eigenvalue weighted by Crippen LogP contribution is 2.38. The number of ether oxygens (including phenoxy) is 1. The van der Waals surface area contributed by atoms with Crippen LogP contribution < -0.4 is 14.8 Å². The molecule has 43 heavy (non-hydrogen) atoms. The van der Waals surface area contributed by atoms with Crippen molar-refractivity contribution < 1.29 is 35.2 Å². The number of halogens is 5. The standard InChI is InChI=1S/C24H18ClF4NO3S.C5H8N2O2/c1-15(23-19(25)6-3-7-20(23)26)12-16-8-9-22-21(13-16)30(10-11-33-22)34(31,32)18-5-2-4-17(14-18)24(27,28)29;1-2-3-4-6-5(8)9-7-4/h2-9,12-14H,10-11H2,1H3;2-3H2,1H3,(H,6,7,8)/b15-12+;. The zero-order valence-electron chi connectivity index (χ0n) is 22.9. The second-order valence-electron chi connectivity index (χ2n) is 9.39. The summed E-state index contributed by atoms with van der Waals surface area (Å²) in [6.07, 6.45) is -1.32. The van der Waals surface area contributed by atoms with Crippen molar-refractivity contribution in [3.63, 3.8) is 0 Å². The van der Waals surface area contributed by atoms with Gasteiger partial charge in [0.15, 0.2) is 5.82 Å². The Morgan fingerprint density at radius 1 is 1.14 bits per heavy atom. The summed E-state index contributed by atoms with van der Waals surface area (Å²) >= 11 is 6.13. The second-order valence-corrected chi connectivity index (χ2v) is 11.7. The van der Waals surface area contributed by atoms with Crippen LogP contribution in [-0.2, 0) is 22.6 Å². The average molecular weight is 640 g/mol. The lowest BCUT2D eigenvalue weighted by Gasteiger charge is -2.31. The molecule has 3 aromatic carbocycles. The van der Waals surface area contributed by atoms with E-state index < -0.39 is 38.2 Å². The van der Waals surface area contributed by atoms with Gasteiger partial charge in [-0.2, -0.15) is 13.2 Å².